The fourth-order valence-corrected chi connectivity index (χ4v) is 2.25. The van der Waals surface area contributed by atoms with Gasteiger partial charge in [-0.2, -0.15) is 0 Å². The Kier molecular flexibility index (Phi) is 8.09. The Morgan fingerprint density at radius 2 is 1.56 bits per heavy atom. The van der Waals surface area contributed by atoms with Crippen molar-refractivity contribution in [1.82, 2.24) is 5.32 Å². The summed E-state index contributed by atoms with van der Waals surface area (Å²) in [6.45, 7) is 15.1. The predicted molar refractivity (Wildman–Crippen MR) is 74.8 cm³/mol. The molecule has 1 nitrogen and oxygen atoms in total. The standard InChI is InChI=1S/C15H33N/c1-7-9-13(3)10-11-14(15(4,5)6)16-12-8-2/h13-14,16H,7-12H2,1-6H3. The highest BCUT2D eigenvalue weighted by Gasteiger charge is 2.23. The minimum atomic E-state index is 0.390. The SMILES string of the molecule is CCCNC(CCC(C)CCC)C(C)(C)C. The minimum Gasteiger partial charge on any atom is -0.313 e. The monoisotopic (exact) mass is 227 g/mol. The van der Waals surface area contributed by atoms with E-state index in [0.29, 0.717) is 11.5 Å². The topological polar surface area (TPSA) is 12.0 Å². The first-order valence-electron chi connectivity index (χ1n) is 7.15. The molecular formula is C15H33N. The lowest BCUT2D eigenvalue weighted by Gasteiger charge is -2.32. The van der Waals surface area contributed by atoms with Crippen molar-refractivity contribution in [2.45, 2.75) is 79.7 Å². The number of nitrogens with one attached hydrogen (secondary N) is 1. The van der Waals surface area contributed by atoms with Gasteiger partial charge in [0.15, 0.2) is 0 Å². The Morgan fingerprint density at radius 3 is 2.00 bits per heavy atom. The Labute approximate surface area is 103 Å². The average Bonchev–Trinajstić information content (AvgIpc) is 2.16. The van der Waals surface area contributed by atoms with Crippen molar-refractivity contribution in [1.29, 1.82) is 0 Å². The molecule has 0 aliphatic heterocycles. The zero-order chi connectivity index (χ0) is 12.6. The van der Waals surface area contributed by atoms with Crippen molar-refractivity contribution < 1.29 is 0 Å². The third-order valence-corrected chi connectivity index (χ3v) is 3.42. The van der Waals surface area contributed by atoms with Crippen LogP contribution >= 0.6 is 0 Å². The Bertz CT molecular complexity index is 157. The van der Waals surface area contributed by atoms with E-state index in [-0.39, 0.29) is 0 Å². The van der Waals surface area contributed by atoms with E-state index in [1.54, 1.807) is 0 Å². The lowest BCUT2D eigenvalue weighted by molar-refractivity contribution is 0.240. The van der Waals surface area contributed by atoms with Crippen molar-refractivity contribution in [2.75, 3.05) is 6.54 Å². The van der Waals surface area contributed by atoms with Gasteiger partial charge in [0.25, 0.3) is 0 Å². The molecule has 0 rings (SSSR count). The largest absolute Gasteiger partial charge is 0.313 e. The van der Waals surface area contributed by atoms with Gasteiger partial charge in [-0.3, -0.25) is 0 Å². The molecule has 0 spiro atoms. The van der Waals surface area contributed by atoms with Crippen LogP contribution in [0.15, 0.2) is 0 Å². The third-order valence-electron chi connectivity index (χ3n) is 3.42. The molecule has 16 heavy (non-hydrogen) atoms. The van der Waals surface area contributed by atoms with Crippen LogP contribution in [-0.4, -0.2) is 12.6 Å². The van der Waals surface area contributed by atoms with Gasteiger partial charge in [-0.15, -0.1) is 0 Å². The van der Waals surface area contributed by atoms with E-state index in [9.17, 15) is 0 Å². The first-order chi connectivity index (χ1) is 7.41. The summed E-state index contributed by atoms with van der Waals surface area (Å²) in [6.07, 6.45) is 6.63. The minimum absolute atomic E-state index is 0.390. The molecule has 0 aromatic carbocycles. The van der Waals surface area contributed by atoms with Gasteiger partial charge in [-0.1, -0.05) is 54.4 Å². The molecule has 1 N–H and O–H groups in total. The second-order valence-corrected chi connectivity index (χ2v) is 6.34. The molecular weight excluding hydrogens is 194 g/mol. The zero-order valence-electron chi connectivity index (χ0n) is 12.4. The van der Waals surface area contributed by atoms with Gasteiger partial charge < -0.3 is 5.32 Å². The molecule has 1 heteroatoms. The van der Waals surface area contributed by atoms with E-state index in [1.807, 2.05) is 0 Å². The summed E-state index contributed by atoms with van der Waals surface area (Å²) < 4.78 is 0. The molecule has 98 valence electrons. The smallest absolute Gasteiger partial charge is 0.0116 e. The molecule has 0 heterocycles. The number of rotatable bonds is 8. The van der Waals surface area contributed by atoms with E-state index in [0.717, 1.165) is 12.5 Å². The van der Waals surface area contributed by atoms with Crippen molar-refractivity contribution in [2.24, 2.45) is 11.3 Å². The van der Waals surface area contributed by atoms with Crippen LogP contribution in [-0.2, 0) is 0 Å². The van der Waals surface area contributed by atoms with Gasteiger partial charge in [0.05, 0.1) is 0 Å². The summed E-state index contributed by atoms with van der Waals surface area (Å²) in [5.74, 6) is 0.887. The Balaban J connectivity index is 4.01. The molecule has 0 radical (unpaired) electrons. The normalized spacial score (nSPS) is 16.1. The van der Waals surface area contributed by atoms with Gasteiger partial charge in [-0.25, -0.2) is 0 Å². The first kappa shape index (κ1) is 16.0. The highest BCUT2D eigenvalue weighted by molar-refractivity contribution is 4.80. The average molecular weight is 227 g/mol. The van der Waals surface area contributed by atoms with Crippen LogP contribution in [0.5, 0.6) is 0 Å². The molecule has 0 fully saturated rings. The molecule has 2 unspecified atom stereocenters. The fraction of sp³-hybridized carbons (Fsp3) is 1.00. The maximum atomic E-state index is 3.71. The van der Waals surface area contributed by atoms with Gasteiger partial charge >= 0.3 is 0 Å². The predicted octanol–water partition coefficient (Wildman–Crippen LogP) is 4.62. The van der Waals surface area contributed by atoms with Crippen LogP contribution in [0.25, 0.3) is 0 Å². The lowest BCUT2D eigenvalue weighted by atomic mass is 9.82. The van der Waals surface area contributed by atoms with E-state index < -0.39 is 0 Å². The quantitative estimate of drug-likeness (QED) is 0.638. The highest BCUT2D eigenvalue weighted by atomic mass is 14.9. The Hall–Kier alpha value is -0.0400. The molecule has 0 aliphatic carbocycles. The van der Waals surface area contributed by atoms with Crippen LogP contribution in [0, 0.1) is 11.3 Å². The number of hydrogen-bond donors (Lipinski definition) is 1. The lowest BCUT2D eigenvalue weighted by Crippen LogP contribution is -2.40. The van der Waals surface area contributed by atoms with Crippen LogP contribution in [0.1, 0.15) is 73.6 Å². The summed E-state index contributed by atoms with van der Waals surface area (Å²) in [6, 6.07) is 0.673. The molecule has 0 saturated carbocycles. The zero-order valence-corrected chi connectivity index (χ0v) is 12.4. The third kappa shape index (κ3) is 7.27. The molecule has 0 bridgehead atoms. The van der Waals surface area contributed by atoms with Gasteiger partial charge in [0.2, 0.25) is 0 Å². The maximum Gasteiger partial charge on any atom is 0.0116 e. The van der Waals surface area contributed by atoms with Crippen molar-refractivity contribution in [3.63, 3.8) is 0 Å². The Morgan fingerprint density at radius 1 is 0.938 bits per heavy atom. The van der Waals surface area contributed by atoms with Crippen LogP contribution < -0.4 is 5.32 Å². The molecule has 0 aliphatic rings. The summed E-state index contributed by atoms with van der Waals surface area (Å²) in [5.41, 5.74) is 0.390. The second-order valence-electron chi connectivity index (χ2n) is 6.34. The van der Waals surface area contributed by atoms with Crippen molar-refractivity contribution in [3.05, 3.63) is 0 Å². The van der Waals surface area contributed by atoms with E-state index in [2.05, 4.69) is 46.9 Å². The first-order valence-corrected chi connectivity index (χ1v) is 7.15. The molecule has 0 saturated heterocycles. The summed E-state index contributed by atoms with van der Waals surface area (Å²) in [4.78, 5) is 0. The van der Waals surface area contributed by atoms with Crippen molar-refractivity contribution >= 4 is 0 Å². The van der Waals surface area contributed by atoms with Gasteiger partial charge in [-0.05, 0) is 37.1 Å². The number of hydrogen-bond acceptors (Lipinski definition) is 1. The fourth-order valence-electron chi connectivity index (χ4n) is 2.25. The van der Waals surface area contributed by atoms with Gasteiger partial charge in [0, 0.05) is 6.04 Å². The van der Waals surface area contributed by atoms with Gasteiger partial charge in [0.1, 0.15) is 0 Å². The van der Waals surface area contributed by atoms with Crippen LogP contribution in [0.3, 0.4) is 0 Å². The van der Waals surface area contributed by atoms with Crippen LogP contribution in [0.2, 0.25) is 0 Å². The summed E-state index contributed by atoms with van der Waals surface area (Å²) >= 11 is 0. The summed E-state index contributed by atoms with van der Waals surface area (Å²) in [5, 5.41) is 3.71. The second kappa shape index (κ2) is 8.11. The van der Waals surface area contributed by atoms with Crippen LogP contribution in [0.4, 0.5) is 0 Å². The molecule has 0 aromatic rings. The van der Waals surface area contributed by atoms with E-state index >= 15 is 0 Å². The highest BCUT2D eigenvalue weighted by Crippen LogP contribution is 2.25. The molecule has 0 amide bonds. The van der Waals surface area contributed by atoms with Crippen molar-refractivity contribution in [3.8, 4) is 0 Å². The molecule has 0 aromatic heterocycles. The summed E-state index contributed by atoms with van der Waals surface area (Å²) in [7, 11) is 0. The van der Waals surface area contributed by atoms with E-state index in [4.69, 9.17) is 0 Å². The maximum absolute atomic E-state index is 3.71. The van der Waals surface area contributed by atoms with E-state index in [1.165, 1.54) is 32.1 Å². The molecule has 2 atom stereocenters.